The number of aromatic nitrogens is 3. The Labute approximate surface area is 196 Å². The number of para-hydroxylation sites is 1. The number of anilines is 1. The van der Waals surface area contributed by atoms with Crippen molar-refractivity contribution >= 4 is 46.7 Å². The van der Waals surface area contributed by atoms with Gasteiger partial charge in [0.2, 0.25) is 0 Å². The number of aliphatic imine (C=N–C) groups is 1. The van der Waals surface area contributed by atoms with Crippen LogP contribution in [0.4, 0.5) is 5.82 Å². The summed E-state index contributed by atoms with van der Waals surface area (Å²) in [6, 6.07) is 12.2. The molecule has 7 nitrogen and oxygen atoms in total. The number of fused-ring (bicyclic) bond motifs is 1. The van der Waals surface area contributed by atoms with Crippen LogP contribution < -0.4 is 10.6 Å². The molecule has 0 aliphatic carbocycles. The third kappa shape index (κ3) is 6.07. The highest BCUT2D eigenvalue weighted by molar-refractivity contribution is 14.0. The van der Waals surface area contributed by atoms with Crippen LogP contribution >= 0.6 is 24.0 Å². The van der Waals surface area contributed by atoms with Gasteiger partial charge in [-0.25, -0.2) is 4.98 Å². The number of hydrogen-bond donors (Lipinski definition) is 2. The molecule has 3 aromatic rings. The van der Waals surface area contributed by atoms with Gasteiger partial charge in [-0.2, -0.15) is 5.10 Å². The maximum atomic E-state index is 4.64. The summed E-state index contributed by atoms with van der Waals surface area (Å²) in [6.07, 6.45) is 2.09. The smallest absolute Gasteiger partial charge is 0.193 e. The Hall–Kier alpha value is -2.36. The molecule has 2 aromatic heterocycles. The van der Waals surface area contributed by atoms with E-state index in [1.165, 1.54) is 5.56 Å². The maximum absolute atomic E-state index is 4.64. The minimum Gasteiger partial charge on any atom is -0.368 e. The van der Waals surface area contributed by atoms with Crippen molar-refractivity contribution in [1.82, 2.24) is 25.0 Å². The molecule has 0 atom stereocenters. The third-order valence-electron chi connectivity index (χ3n) is 4.78. The highest BCUT2D eigenvalue weighted by Crippen LogP contribution is 2.18. The summed E-state index contributed by atoms with van der Waals surface area (Å²) in [5.41, 5.74) is 3.36. The largest absolute Gasteiger partial charge is 0.368 e. The average molecular weight is 521 g/mol. The molecule has 0 unspecified atom stereocenters. The molecule has 2 N–H and O–H groups in total. The van der Waals surface area contributed by atoms with Gasteiger partial charge >= 0.3 is 0 Å². The first-order valence-electron chi connectivity index (χ1n) is 10.0. The number of rotatable bonds is 7. The second kappa shape index (κ2) is 11.1. The maximum Gasteiger partial charge on any atom is 0.193 e. The summed E-state index contributed by atoms with van der Waals surface area (Å²) in [6.45, 7) is 6.61. The molecule has 0 spiro atoms. The lowest BCUT2D eigenvalue weighted by Gasteiger charge is -2.22. The summed E-state index contributed by atoms with van der Waals surface area (Å²) < 4.78 is 1.88. The Morgan fingerprint density at radius 1 is 1.17 bits per heavy atom. The summed E-state index contributed by atoms with van der Waals surface area (Å²) >= 11 is 0. The molecule has 0 radical (unpaired) electrons. The fourth-order valence-electron chi connectivity index (χ4n) is 3.41. The van der Waals surface area contributed by atoms with Gasteiger partial charge in [0.1, 0.15) is 5.82 Å². The lowest BCUT2D eigenvalue weighted by molar-refractivity contribution is 0.475. The molecule has 0 aliphatic rings. The van der Waals surface area contributed by atoms with E-state index in [0.29, 0.717) is 5.92 Å². The lowest BCUT2D eigenvalue weighted by Crippen LogP contribution is -2.40. The van der Waals surface area contributed by atoms with E-state index in [4.69, 9.17) is 0 Å². The van der Waals surface area contributed by atoms with Crippen LogP contribution in [0.25, 0.3) is 10.9 Å². The average Bonchev–Trinajstić information content (AvgIpc) is 3.08. The first kappa shape index (κ1) is 23.9. The van der Waals surface area contributed by atoms with E-state index >= 15 is 0 Å². The van der Waals surface area contributed by atoms with E-state index in [1.54, 1.807) is 0 Å². The van der Waals surface area contributed by atoms with Crippen LogP contribution in [0.1, 0.15) is 31.0 Å². The normalized spacial score (nSPS) is 11.5. The molecule has 3 rings (SSSR count). The Balaban J connectivity index is 0.00000320. The Morgan fingerprint density at radius 2 is 1.93 bits per heavy atom. The summed E-state index contributed by atoms with van der Waals surface area (Å²) in [7, 11) is 5.82. The predicted molar refractivity (Wildman–Crippen MR) is 136 cm³/mol. The predicted octanol–water partition coefficient (Wildman–Crippen LogP) is 3.83. The molecule has 0 bridgehead atoms. The number of hydrogen-bond acceptors (Lipinski definition) is 4. The zero-order valence-electron chi connectivity index (χ0n) is 18.4. The standard InChI is InChI=1S/C22H31N7.HI/c1-16(2)21-18(15-29(5)27-21)14-28(4)22(23-3)25-13-12-24-20-11-10-17-8-6-7-9-19(17)26-20;/h6-11,15-16H,12-14H2,1-5H3,(H,23,25)(H,24,26);1H. The van der Waals surface area contributed by atoms with Crippen LogP contribution in [-0.4, -0.2) is 52.8 Å². The van der Waals surface area contributed by atoms with Gasteiger partial charge in [-0.15, -0.1) is 24.0 Å². The van der Waals surface area contributed by atoms with E-state index in [1.807, 2.05) is 50.1 Å². The Morgan fingerprint density at radius 3 is 2.67 bits per heavy atom. The minimum atomic E-state index is 0. The molecule has 1 aromatic carbocycles. The number of guanidine groups is 1. The lowest BCUT2D eigenvalue weighted by atomic mass is 10.1. The van der Waals surface area contributed by atoms with Gasteiger partial charge in [-0.05, 0) is 24.1 Å². The molecule has 0 amide bonds. The van der Waals surface area contributed by atoms with E-state index in [2.05, 4.69) is 62.8 Å². The van der Waals surface area contributed by atoms with Crippen molar-refractivity contribution in [3.05, 3.63) is 53.9 Å². The van der Waals surface area contributed by atoms with E-state index < -0.39 is 0 Å². The topological polar surface area (TPSA) is 70.4 Å². The van der Waals surface area contributed by atoms with Crippen molar-refractivity contribution in [2.24, 2.45) is 12.0 Å². The molecule has 0 fully saturated rings. The van der Waals surface area contributed by atoms with Crippen molar-refractivity contribution in [2.75, 3.05) is 32.5 Å². The van der Waals surface area contributed by atoms with Crippen molar-refractivity contribution in [2.45, 2.75) is 26.3 Å². The van der Waals surface area contributed by atoms with E-state index in [9.17, 15) is 0 Å². The number of pyridine rings is 1. The molecule has 0 saturated heterocycles. The van der Waals surface area contributed by atoms with E-state index in [0.717, 1.165) is 48.0 Å². The van der Waals surface area contributed by atoms with Gasteiger partial charge in [0.15, 0.2) is 5.96 Å². The summed E-state index contributed by atoms with van der Waals surface area (Å²) in [5.74, 6) is 2.14. The van der Waals surface area contributed by atoms with Crippen molar-refractivity contribution in [3.63, 3.8) is 0 Å². The summed E-state index contributed by atoms with van der Waals surface area (Å²) in [4.78, 5) is 11.2. The molecule has 162 valence electrons. The first-order chi connectivity index (χ1) is 14.0. The van der Waals surface area contributed by atoms with Gasteiger partial charge < -0.3 is 15.5 Å². The number of benzene rings is 1. The zero-order valence-corrected chi connectivity index (χ0v) is 20.7. The third-order valence-corrected chi connectivity index (χ3v) is 4.78. The fourth-order valence-corrected chi connectivity index (χ4v) is 3.41. The number of nitrogens with zero attached hydrogens (tertiary/aromatic N) is 5. The molecule has 8 heteroatoms. The van der Waals surface area contributed by atoms with Gasteiger partial charge in [0.05, 0.1) is 11.2 Å². The van der Waals surface area contributed by atoms with Crippen LogP contribution in [0, 0.1) is 0 Å². The number of nitrogens with one attached hydrogen (secondary N) is 2. The van der Waals surface area contributed by atoms with Crippen LogP contribution in [0.5, 0.6) is 0 Å². The van der Waals surface area contributed by atoms with Crippen LogP contribution in [0.2, 0.25) is 0 Å². The fraction of sp³-hybridized carbons (Fsp3) is 0.409. The molecular formula is C22H32IN7. The van der Waals surface area contributed by atoms with Crippen LogP contribution in [-0.2, 0) is 13.6 Å². The Bertz CT molecular complexity index is 981. The van der Waals surface area contributed by atoms with Crippen LogP contribution in [0.3, 0.4) is 0 Å². The highest BCUT2D eigenvalue weighted by Gasteiger charge is 2.14. The number of halogens is 1. The SMILES string of the molecule is CN=C(NCCNc1ccc2ccccc2n1)N(C)Cc1cn(C)nc1C(C)C.I. The van der Waals surface area contributed by atoms with Gasteiger partial charge in [0.25, 0.3) is 0 Å². The second-order valence-electron chi connectivity index (χ2n) is 7.51. The van der Waals surface area contributed by atoms with Crippen molar-refractivity contribution in [3.8, 4) is 0 Å². The van der Waals surface area contributed by atoms with Gasteiger partial charge in [-0.3, -0.25) is 9.67 Å². The molecule has 0 aliphatic heterocycles. The monoisotopic (exact) mass is 521 g/mol. The first-order valence-corrected chi connectivity index (χ1v) is 10.0. The quantitative estimate of drug-likeness (QED) is 0.214. The van der Waals surface area contributed by atoms with Gasteiger partial charge in [0, 0.05) is 57.9 Å². The molecular weight excluding hydrogens is 489 g/mol. The minimum absolute atomic E-state index is 0. The molecule has 30 heavy (non-hydrogen) atoms. The molecule has 0 saturated carbocycles. The molecule has 2 heterocycles. The van der Waals surface area contributed by atoms with Crippen LogP contribution in [0.15, 0.2) is 47.6 Å². The second-order valence-corrected chi connectivity index (χ2v) is 7.51. The summed E-state index contributed by atoms with van der Waals surface area (Å²) in [5, 5.41) is 12.5. The van der Waals surface area contributed by atoms with Crippen molar-refractivity contribution < 1.29 is 0 Å². The van der Waals surface area contributed by atoms with Gasteiger partial charge in [-0.1, -0.05) is 32.0 Å². The number of aryl methyl sites for hydroxylation is 1. The van der Waals surface area contributed by atoms with E-state index in [-0.39, 0.29) is 24.0 Å². The highest BCUT2D eigenvalue weighted by atomic mass is 127. The zero-order chi connectivity index (χ0) is 20.8. The Kier molecular flexibility index (Phi) is 8.88. The van der Waals surface area contributed by atoms with Crippen molar-refractivity contribution in [1.29, 1.82) is 0 Å².